The van der Waals surface area contributed by atoms with Gasteiger partial charge in [0.1, 0.15) is 17.9 Å². The molecular weight excluding hydrogens is 1360 g/mol. The number of hydrogen-bond donors (Lipinski definition) is 1. The Kier molecular flexibility index (Phi) is 22.3. The van der Waals surface area contributed by atoms with E-state index in [0.717, 1.165) is 73.8 Å². The number of aromatic nitrogens is 3. The van der Waals surface area contributed by atoms with E-state index in [1.807, 2.05) is 84.6 Å². The highest BCUT2D eigenvalue weighted by Gasteiger charge is 2.51. The second-order valence-electron chi connectivity index (χ2n) is 28.0. The number of fused-ring (bicyclic) bond motifs is 6. The Labute approximate surface area is 593 Å². The summed E-state index contributed by atoms with van der Waals surface area (Å²) < 4.78 is 125. The van der Waals surface area contributed by atoms with Gasteiger partial charge in [0.15, 0.2) is 0 Å². The summed E-state index contributed by atoms with van der Waals surface area (Å²) in [7, 11) is 6.04. The van der Waals surface area contributed by atoms with Gasteiger partial charge in [-0.15, -0.1) is 0 Å². The van der Waals surface area contributed by atoms with Crippen LogP contribution in [0.25, 0.3) is 0 Å². The number of amides is 3. The number of likely N-dealkylation sites (N-methyl/N-ethyl adjacent to an activating group) is 3. The molecule has 3 spiro atoms. The molecule has 4 aromatic carbocycles. The molecule has 3 fully saturated rings. The molecule has 3 saturated heterocycles. The second kappa shape index (κ2) is 30.3. The highest BCUT2D eigenvalue weighted by molar-refractivity contribution is 6.29. The van der Waals surface area contributed by atoms with E-state index in [4.69, 9.17) is 11.6 Å². The van der Waals surface area contributed by atoms with E-state index < -0.39 is 60.5 Å². The Hall–Kier alpha value is -8.07. The Bertz CT molecular complexity index is 4120. The fourth-order valence-corrected chi connectivity index (χ4v) is 16.0. The molecule has 0 bridgehead atoms. The number of benzene rings is 4. The number of rotatable bonds is 13. The molecule has 7 aromatic rings. The maximum atomic E-state index is 13.2. The van der Waals surface area contributed by atoms with Gasteiger partial charge in [-0.2, -0.15) is 39.5 Å². The average molecular weight is 1450 g/mol. The van der Waals surface area contributed by atoms with E-state index in [0.29, 0.717) is 99.8 Å². The molecule has 13 rings (SSSR count). The van der Waals surface area contributed by atoms with Gasteiger partial charge in [0.05, 0.1) is 34.6 Å². The lowest BCUT2D eigenvalue weighted by Crippen LogP contribution is -2.56. The third kappa shape index (κ3) is 15.9. The SMILES string of the molecule is CC(C)Cc1ccc(C(=O)N2CCC3(CC2)c2ccc(Cl)n2CCN3C)cc1.CN1CCn2c(C(=O)C(F)(F)F)ccc2C12CCN(C(=O)c1ccc(C(O)COCC(F)(F)F)cc1)CC2.CN1CCn2c(C(=O)C(F)(F)F)ccc2C12CCN(C(=O)c1ccc(Cc3ccccc3)cc1)CC2.[HH]. The first-order valence-electron chi connectivity index (χ1n) is 34.5. The van der Waals surface area contributed by atoms with Crippen LogP contribution in [-0.2, 0) is 53.8 Å². The van der Waals surface area contributed by atoms with Crippen LogP contribution in [0.15, 0.2) is 140 Å². The Morgan fingerprint density at radius 3 is 1.20 bits per heavy atom. The number of ether oxygens (including phenoxy) is 1. The van der Waals surface area contributed by atoms with Crippen molar-refractivity contribution in [2.45, 2.75) is 126 Å². The normalized spacial score (nSPS) is 18.6. The van der Waals surface area contributed by atoms with Crippen LogP contribution < -0.4 is 0 Å². The number of aliphatic hydroxyl groups is 1. The van der Waals surface area contributed by atoms with Gasteiger partial charge in [0, 0.05) is 114 Å². The molecule has 1 atom stereocenters. The number of nitrogens with zero attached hydrogens (tertiary/aromatic N) is 9. The van der Waals surface area contributed by atoms with Crippen molar-refractivity contribution >= 4 is 40.9 Å². The third-order valence-corrected chi connectivity index (χ3v) is 21.8. The minimum atomic E-state index is -4.97. The smallest absolute Gasteiger partial charge is 0.386 e. The zero-order valence-corrected chi connectivity index (χ0v) is 58.4. The highest BCUT2D eigenvalue weighted by atomic mass is 35.5. The highest BCUT2D eigenvalue weighted by Crippen LogP contribution is 2.46. The molecule has 3 aromatic heterocycles. The van der Waals surface area contributed by atoms with Gasteiger partial charge in [-0.25, -0.2) is 0 Å². The van der Waals surface area contributed by atoms with Gasteiger partial charge >= 0.3 is 18.5 Å². The summed E-state index contributed by atoms with van der Waals surface area (Å²) in [6, 6.07) is 41.7. The number of alkyl halides is 9. The maximum absolute atomic E-state index is 13.2. The average Bonchev–Trinajstić information content (AvgIpc) is 1.67. The molecular formula is C76H87ClF9N9O7. The van der Waals surface area contributed by atoms with E-state index in [1.54, 1.807) is 17.0 Å². The van der Waals surface area contributed by atoms with E-state index in [1.165, 1.54) is 62.4 Å². The Balaban J connectivity index is 0.000000167. The number of Topliss-reactive ketones (excluding diaryl/α,β-unsaturated/α-hetero) is 2. The fourth-order valence-electron chi connectivity index (χ4n) is 15.8. The monoisotopic (exact) mass is 1440 g/mol. The van der Waals surface area contributed by atoms with Gasteiger partial charge in [0.25, 0.3) is 29.3 Å². The van der Waals surface area contributed by atoms with Crippen molar-refractivity contribution in [1.29, 1.82) is 0 Å². The van der Waals surface area contributed by atoms with Crippen molar-refractivity contribution in [2.75, 3.05) is 93.3 Å². The van der Waals surface area contributed by atoms with Crippen LogP contribution in [0.1, 0.15) is 151 Å². The zero-order chi connectivity index (χ0) is 73.3. The summed E-state index contributed by atoms with van der Waals surface area (Å²) >= 11 is 6.39. The molecule has 1 N–H and O–H groups in total. The molecule has 548 valence electrons. The summed E-state index contributed by atoms with van der Waals surface area (Å²) in [6.45, 7) is 9.09. The molecule has 3 amide bonds. The van der Waals surface area contributed by atoms with Gasteiger partial charge in [-0.3, -0.25) is 38.7 Å². The van der Waals surface area contributed by atoms with Gasteiger partial charge in [-0.1, -0.05) is 92.2 Å². The van der Waals surface area contributed by atoms with Gasteiger partial charge < -0.3 is 38.2 Å². The summed E-state index contributed by atoms with van der Waals surface area (Å²) in [4.78, 5) is 75.3. The van der Waals surface area contributed by atoms with E-state index in [9.17, 15) is 68.6 Å². The Morgan fingerprint density at radius 2 is 0.814 bits per heavy atom. The molecule has 0 radical (unpaired) electrons. The Morgan fingerprint density at radius 1 is 0.461 bits per heavy atom. The number of halogens is 10. The van der Waals surface area contributed by atoms with Crippen LogP contribution in [0.3, 0.4) is 0 Å². The number of carbonyl (C=O) groups is 5. The maximum Gasteiger partial charge on any atom is 0.456 e. The van der Waals surface area contributed by atoms with E-state index in [-0.39, 0.29) is 42.6 Å². The van der Waals surface area contributed by atoms with Crippen LogP contribution >= 0.6 is 11.6 Å². The molecule has 0 aliphatic carbocycles. The molecule has 26 heteroatoms. The van der Waals surface area contributed by atoms with Crippen molar-refractivity contribution in [2.24, 2.45) is 5.92 Å². The first-order valence-corrected chi connectivity index (χ1v) is 34.8. The first kappa shape index (κ1) is 75.1. The minimum Gasteiger partial charge on any atom is -0.386 e. The minimum absolute atomic E-state index is 0. The number of carbonyl (C=O) groups excluding carboxylic acids is 5. The number of aliphatic hydroxyl groups excluding tert-OH is 1. The largest absolute Gasteiger partial charge is 0.456 e. The predicted octanol–water partition coefficient (Wildman–Crippen LogP) is 13.5. The molecule has 6 aliphatic heterocycles. The number of ketones is 2. The number of hydrogen-bond acceptors (Lipinski definition) is 10. The lowest BCUT2D eigenvalue weighted by Gasteiger charge is -2.50. The van der Waals surface area contributed by atoms with Crippen molar-refractivity contribution in [3.05, 3.63) is 212 Å². The third-order valence-electron chi connectivity index (χ3n) is 21.5. The molecule has 102 heavy (non-hydrogen) atoms. The fraction of sp³-hybridized carbons (Fsp3) is 0.461. The summed E-state index contributed by atoms with van der Waals surface area (Å²) in [6.07, 6.45) is -9.84. The molecule has 0 saturated carbocycles. The molecule has 9 heterocycles. The summed E-state index contributed by atoms with van der Waals surface area (Å²) in [5.74, 6) is -3.24. The van der Waals surface area contributed by atoms with Gasteiger partial charge in [-0.05, 0) is 173 Å². The van der Waals surface area contributed by atoms with Crippen molar-refractivity contribution in [1.82, 2.24) is 43.1 Å². The standard InChI is InChI=1S/C28H28F3N3O2.C25H27F6N3O4.C23H30ClN3O.H2/c1-32-17-18-34-23(25(35)28(29,30)31)11-12-24(34)27(32)13-15-33(16-14-27)26(36)22-9-7-21(8-10-22)19-20-5-3-2-4-6-20;1-32-12-13-34-18(21(36)25(29,30)31)6-7-20(34)23(32)8-10-33(11-9-23)22(37)17-4-2-16(3-5-17)19(35)14-38-15-24(26,27)28;1-17(2)16-18-4-6-19(7-5-18)22(28)26-12-10-23(11-13-26)20-8-9-21(24)27(20)15-14-25(23)3;/h2-12H,13-19H2,1H3;2-7,19,35H,8-15H2,1H3;4-9,17H,10-16H2,1-3H3;1H. The van der Waals surface area contributed by atoms with Crippen molar-refractivity contribution < 1.29 is 74.8 Å². The first-order chi connectivity index (χ1) is 48.3. The molecule has 16 nitrogen and oxygen atoms in total. The lowest BCUT2D eigenvalue weighted by atomic mass is 9.81. The van der Waals surface area contributed by atoms with E-state index >= 15 is 0 Å². The summed E-state index contributed by atoms with van der Waals surface area (Å²) in [5.41, 5.74) is 6.51. The number of piperidine rings is 3. The lowest BCUT2D eigenvalue weighted by molar-refractivity contribution is -0.179. The zero-order valence-electron chi connectivity index (χ0n) is 57.7. The second-order valence-corrected chi connectivity index (χ2v) is 28.4. The van der Waals surface area contributed by atoms with E-state index in [2.05, 4.69) is 75.2 Å². The van der Waals surface area contributed by atoms with Crippen molar-refractivity contribution in [3.8, 4) is 0 Å². The van der Waals surface area contributed by atoms with Crippen molar-refractivity contribution in [3.63, 3.8) is 0 Å². The molecule has 6 aliphatic rings. The van der Waals surface area contributed by atoms with Crippen LogP contribution in [0.5, 0.6) is 0 Å². The topological polar surface area (TPSA) is 149 Å². The summed E-state index contributed by atoms with van der Waals surface area (Å²) in [5, 5.41) is 10.9. The van der Waals surface area contributed by atoms with Crippen LogP contribution in [-0.4, -0.2) is 189 Å². The molecule has 1 unspecified atom stereocenters. The van der Waals surface area contributed by atoms with Crippen LogP contribution in [0.2, 0.25) is 5.15 Å². The quantitative estimate of drug-likeness (QED) is 0.0873. The van der Waals surface area contributed by atoms with Crippen LogP contribution in [0, 0.1) is 5.92 Å². The number of likely N-dealkylation sites (tertiary alicyclic amines) is 3. The van der Waals surface area contributed by atoms with Gasteiger partial charge in [0.2, 0.25) is 0 Å². The predicted molar refractivity (Wildman–Crippen MR) is 368 cm³/mol. The van der Waals surface area contributed by atoms with Crippen LogP contribution in [0.4, 0.5) is 39.5 Å².